The minimum atomic E-state index is -0.828. The molecule has 0 rings (SSSR count). The Morgan fingerprint density at radius 3 is 0.971 bits per heavy atom. The van der Waals surface area contributed by atoms with Crippen LogP contribution >= 0.6 is 0 Å². The highest BCUT2D eigenvalue weighted by molar-refractivity contribution is 5.71. The Balaban J connectivity index is 4.56. The number of rotatable bonds is 50. The van der Waals surface area contributed by atoms with Crippen molar-refractivity contribution in [2.45, 2.75) is 258 Å². The molecule has 0 aromatic carbocycles. The van der Waals surface area contributed by atoms with E-state index < -0.39 is 6.10 Å². The van der Waals surface area contributed by atoms with E-state index in [1.54, 1.807) is 0 Å². The average Bonchev–Trinajstić information content (AvgIpc) is 3.35. The lowest BCUT2D eigenvalue weighted by atomic mass is 10.1. The van der Waals surface area contributed by atoms with Crippen molar-refractivity contribution in [1.29, 1.82) is 0 Å². The first-order valence-corrected chi connectivity index (χ1v) is 28.4. The maximum Gasteiger partial charge on any atom is 0.306 e. The van der Waals surface area contributed by atoms with E-state index in [1.165, 1.54) is 128 Å². The maximum absolute atomic E-state index is 12.8. The second kappa shape index (κ2) is 56.7. The highest BCUT2D eigenvalue weighted by atomic mass is 16.6. The van der Waals surface area contributed by atoms with Gasteiger partial charge in [-0.25, -0.2) is 0 Å². The van der Waals surface area contributed by atoms with Gasteiger partial charge in [-0.1, -0.05) is 220 Å². The summed E-state index contributed by atoms with van der Waals surface area (Å²) in [5, 5.41) is 0. The fraction of sp³-hybridized carbons (Fsp3) is 0.667. The molecule has 0 N–H and O–H groups in total. The highest BCUT2D eigenvalue weighted by Gasteiger charge is 2.19. The van der Waals surface area contributed by atoms with Gasteiger partial charge >= 0.3 is 17.9 Å². The Labute approximate surface area is 425 Å². The fourth-order valence-electron chi connectivity index (χ4n) is 7.43. The molecular formula is C63H104O6. The third kappa shape index (κ3) is 54.9. The van der Waals surface area contributed by atoms with E-state index in [2.05, 4.69) is 124 Å². The minimum Gasteiger partial charge on any atom is -0.462 e. The van der Waals surface area contributed by atoms with Crippen LogP contribution in [0, 0.1) is 0 Å². The van der Waals surface area contributed by atoms with Crippen LogP contribution in [-0.4, -0.2) is 37.2 Å². The first kappa shape index (κ1) is 65.1. The van der Waals surface area contributed by atoms with Crippen LogP contribution in [0.5, 0.6) is 0 Å². The summed E-state index contributed by atoms with van der Waals surface area (Å²) in [7, 11) is 0. The first-order valence-electron chi connectivity index (χ1n) is 28.4. The summed E-state index contributed by atoms with van der Waals surface area (Å²) in [4.78, 5) is 38.1. The van der Waals surface area contributed by atoms with Crippen molar-refractivity contribution in [2.75, 3.05) is 13.2 Å². The van der Waals surface area contributed by atoms with E-state index in [9.17, 15) is 14.4 Å². The summed E-state index contributed by atoms with van der Waals surface area (Å²) in [6, 6.07) is 0. The average molecular weight is 958 g/mol. The van der Waals surface area contributed by atoms with Gasteiger partial charge in [-0.2, -0.15) is 0 Å². The van der Waals surface area contributed by atoms with Crippen molar-refractivity contribution in [1.82, 2.24) is 0 Å². The smallest absolute Gasteiger partial charge is 0.306 e. The van der Waals surface area contributed by atoms with Crippen molar-refractivity contribution < 1.29 is 28.6 Å². The molecule has 0 unspecified atom stereocenters. The van der Waals surface area contributed by atoms with Crippen LogP contribution in [0.3, 0.4) is 0 Å². The van der Waals surface area contributed by atoms with Crippen LogP contribution in [0.1, 0.15) is 252 Å². The lowest BCUT2D eigenvalue weighted by Gasteiger charge is -2.18. The molecule has 0 heterocycles. The molecule has 0 fully saturated rings. The summed E-state index contributed by atoms with van der Waals surface area (Å²) in [6.45, 7) is 6.48. The topological polar surface area (TPSA) is 78.9 Å². The van der Waals surface area contributed by atoms with Gasteiger partial charge < -0.3 is 14.2 Å². The van der Waals surface area contributed by atoms with E-state index in [4.69, 9.17) is 14.2 Å². The van der Waals surface area contributed by atoms with Crippen molar-refractivity contribution in [3.63, 3.8) is 0 Å². The van der Waals surface area contributed by atoms with Gasteiger partial charge in [0.25, 0.3) is 0 Å². The van der Waals surface area contributed by atoms with Gasteiger partial charge in [0.2, 0.25) is 0 Å². The zero-order chi connectivity index (χ0) is 50.0. The molecule has 0 aromatic rings. The normalized spacial score (nSPS) is 12.9. The van der Waals surface area contributed by atoms with Crippen molar-refractivity contribution >= 4 is 17.9 Å². The number of allylic oxidation sites excluding steroid dienone is 18. The molecule has 0 saturated heterocycles. The molecule has 0 aromatic heterocycles. The Morgan fingerprint density at radius 1 is 0.290 bits per heavy atom. The third-order valence-electron chi connectivity index (χ3n) is 11.7. The van der Waals surface area contributed by atoms with Gasteiger partial charge in [0.05, 0.1) is 0 Å². The van der Waals surface area contributed by atoms with Crippen molar-refractivity contribution in [3.8, 4) is 0 Å². The molecule has 0 saturated carbocycles. The molecule has 69 heavy (non-hydrogen) atoms. The summed E-state index contributed by atoms with van der Waals surface area (Å²) in [6.07, 6.45) is 76.6. The highest BCUT2D eigenvalue weighted by Crippen LogP contribution is 2.13. The monoisotopic (exact) mass is 957 g/mol. The van der Waals surface area contributed by atoms with E-state index in [-0.39, 0.29) is 37.5 Å². The number of hydrogen-bond donors (Lipinski definition) is 0. The molecule has 392 valence electrons. The number of carbonyl (C=O) groups is 3. The quantitative estimate of drug-likeness (QED) is 0.0262. The van der Waals surface area contributed by atoms with Crippen LogP contribution in [-0.2, 0) is 28.6 Å². The van der Waals surface area contributed by atoms with Crippen LogP contribution in [0.2, 0.25) is 0 Å². The van der Waals surface area contributed by atoms with Gasteiger partial charge in [0, 0.05) is 19.3 Å². The number of carbonyl (C=O) groups excluding carboxylic acids is 3. The predicted molar refractivity (Wildman–Crippen MR) is 297 cm³/mol. The Hall–Kier alpha value is -3.93. The molecule has 0 spiro atoms. The Morgan fingerprint density at radius 2 is 0.551 bits per heavy atom. The number of unbranched alkanes of at least 4 members (excludes halogenated alkanes) is 21. The van der Waals surface area contributed by atoms with Gasteiger partial charge in [0.1, 0.15) is 13.2 Å². The summed E-state index contributed by atoms with van der Waals surface area (Å²) < 4.78 is 16.7. The maximum atomic E-state index is 12.8. The molecular weight excluding hydrogens is 853 g/mol. The molecule has 0 amide bonds. The van der Waals surface area contributed by atoms with E-state index in [0.717, 1.165) is 70.6 Å². The summed E-state index contributed by atoms with van der Waals surface area (Å²) in [5.41, 5.74) is 0. The van der Waals surface area contributed by atoms with Crippen molar-refractivity contribution in [3.05, 3.63) is 109 Å². The standard InChI is InChI=1S/C63H104O6/c1-4-7-10-13-16-19-22-25-28-30-31-33-35-38-41-44-47-50-53-56-62(65)68-59-60(58-67-61(64)55-52-49-46-43-40-37-34-27-24-21-18-15-12-9-6-3)69-63(66)57-54-51-48-45-42-39-36-32-29-26-23-20-17-14-11-8-5-2/h16,18-19,21,25-29,31,33-34,38,40-41,43,47,50,60H,4-15,17,20,22-24,30,32,35-37,39,42,44-46,48-49,51-59H2,1-3H3/b19-16-,21-18-,28-25-,29-26-,33-31-,34-27-,41-38-,43-40-,50-47-/t60-/m0/s1. The number of esters is 3. The molecule has 1 atom stereocenters. The number of ether oxygens (including phenoxy) is 3. The van der Waals surface area contributed by atoms with Crippen LogP contribution in [0.15, 0.2) is 109 Å². The first-order chi connectivity index (χ1) is 34.0. The molecule has 0 aliphatic heterocycles. The Kier molecular flexibility index (Phi) is 53.4. The number of hydrogen-bond acceptors (Lipinski definition) is 6. The van der Waals surface area contributed by atoms with E-state index in [0.29, 0.717) is 25.7 Å². The lowest BCUT2D eigenvalue weighted by molar-refractivity contribution is -0.166. The molecule has 0 bridgehead atoms. The Bertz CT molecular complexity index is 1420. The molecule has 6 nitrogen and oxygen atoms in total. The second-order valence-corrected chi connectivity index (χ2v) is 18.5. The van der Waals surface area contributed by atoms with Crippen LogP contribution < -0.4 is 0 Å². The van der Waals surface area contributed by atoms with Gasteiger partial charge in [0.15, 0.2) is 6.10 Å². The van der Waals surface area contributed by atoms with Gasteiger partial charge in [-0.15, -0.1) is 0 Å². The molecule has 0 radical (unpaired) electrons. The van der Waals surface area contributed by atoms with Gasteiger partial charge in [-0.3, -0.25) is 14.4 Å². The lowest BCUT2D eigenvalue weighted by Crippen LogP contribution is -2.30. The van der Waals surface area contributed by atoms with Crippen LogP contribution in [0.4, 0.5) is 0 Å². The van der Waals surface area contributed by atoms with E-state index >= 15 is 0 Å². The molecule has 0 aliphatic rings. The fourth-order valence-corrected chi connectivity index (χ4v) is 7.43. The summed E-state index contributed by atoms with van der Waals surface area (Å²) in [5.74, 6) is -1.05. The largest absolute Gasteiger partial charge is 0.462 e. The van der Waals surface area contributed by atoms with Crippen molar-refractivity contribution in [2.24, 2.45) is 0 Å². The zero-order valence-corrected chi connectivity index (χ0v) is 44.8. The zero-order valence-electron chi connectivity index (χ0n) is 44.8. The van der Waals surface area contributed by atoms with E-state index in [1.807, 2.05) is 6.08 Å². The van der Waals surface area contributed by atoms with Gasteiger partial charge in [-0.05, 0) is 122 Å². The molecule has 0 aliphatic carbocycles. The minimum absolute atomic E-state index is 0.124. The molecule has 6 heteroatoms. The van der Waals surface area contributed by atoms with Crippen LogP contribution in [0.25, 0.3) is 0 Å². The SMILES string of the molecule is CCCCC/C=C\C/C=C\C/C=C\C/C=C\C/C=C\CCC(=O)OC[C@H](COC(=O)CCCC/C=C\C/C=C\C/C=C\CCCCC)OC(=O)CCCCCCCCC/C=C\CCCCCCCC. The second-order valence-electron chi connectivity index (χ2n) is 18.5. The predicted octanol–water partition coefficient (Wildman–Crippen LogP) is 19.1. The summed E-state index contributed by atoms with van der Waals surface area (Å²) >= 11 is 0. The third-order valence-corrected chi connectivity index (χ3v) is 11.7.